The normalized spacial score (nSPS) is 9.75. The molecule has 0 aliphatic rings. The number of rotatable bonds is 1. The Morgan fingerprint density at radius 3 is 2.25 bits per heavy atom. The minimum atomic E-state index is -0.659. The summed E-state index contributed by atoms with van der Waals surface area (Å²) in [5.74, 6) is 0. The SMILES string of the molecule is Nc1ccc(N)c([N+](=O)[O-])c1Cl. The molecule has 12 heavy (non-hydrogen) atoms. The highest BCUT2D eigenvalue weighted by molar-refractivity contribution is 6.35. The lowest BCUT2D eigenvalue weighted by Crippen LogP contribution is -1.98. The van der Waals surface area contributed by atoms with E-state index in [4.69, 9.17) is 23.1 Å². The van der Waals surface area contributed by atoms with E-state index in [0.717, 1.165) is 0 Å². The average molecular weight is 188 g/mol. The molecule has 0 bridgehead atoms. The quantitative estimate of drug-likeness (QED) is 0.395. The molecule has 0 aliphatic carbocycles. The van der Waals surface area contributed by atoms with Crippen LogP contribution in [0.25, 0.3) is 0 Å². The zero-order chi connectivity index (χ0) is 9.30. The second-order valence-electron chi connectivity index (χ2n) is 2.16. The van der Waals surface area contributed by atoms with Crippen molar-refractivity contribution in [3.05, 3.63) is 27.3 Å². The monoisotopic (exact) mass is 187 g/mol. The standard InChI is InChI=1S/C6H6ClN3O2/c7-5-3(8)1-2-4(9)6(5)10(11)12/h1-2H,8-9H2. The highest BCUT2D eigenvalue weighted by Crippen LogP contribution is 2.34. The van der Waals surface area contributed by atoms with Crippen LogP contribution in [0.3, 0.4) is 0 Å². The lowest BCUT2D eigenvalue weighted by molar-refractivity contribution is -0.383. The van der Waals surface area contributed by atoms with E-state index in [1.54, 1.807) is 0 Å². The number of anilines is 2. The number of halogens is 1. The molecule has 0 spiro atoms. The zero-order valence-corrected chi connectivity index (χ0v) is 6.71. The van der Waals surface area contributed by atoms with Gasteiger partial charge in [-0.15, -0.1) is 0 Å². The van der Waals surface area contributed by atoms with Gasteiger partial charge in [-0.25, -0.2) is 0 Å². The van der Waals surface area contributed by atoms with Crippen LogP contribution in [0.5, 0.6) is 0 Å². The predicted octanol–water partition coefficient (Wildman–Crippen LogP) is 1.41. The number of nitro benzene ring substituents is 1. The van der Waals surface area contributed by atoms with Crippen molar-refractivity contribution < 1.29 is 4.92 Å². The average Bonchev–Trinajstić information content (AvgIpc) is 1.97. The van der Waals surface area contributed by atoms with Crippen LogP contribution in [-0.2, 0) is 0 Å². The Labute approximate surface area is 73.1 Å². The van der Waals surface area contributed by atoms with Gasteiger partial charge in [0.1, 0.15) is 10.7 Å². The minimum Gasteiger partial charge on any atom is -0.397 e. The van der Waals surface area contributed by atoms with E-state index in [2.05, 4.69) is 0 Å². The van der Waals surface area contributed by atoms with Crippen LogP contribution in [0.2, 0.25) is 5.02 Å². The molecule has 0 fully saturated rings. The predicted molar refractivity (Wildman–Crippen MR) is 46.9 cm³/mol. The molecule has 1 aromatic carbocycles. The summed E-state index contributed by atoms with van der Waals surface area (Å²) in [4.78, 5) is 9.72. The first-order chi connectivity index (χ1) is 5.54. The van der Waals surface area contributed by atoms with Crippen molar-refractivity contribution in [1.82, 2.24) is 0 Å². The summed E-state index contributed by atoms with van der Waals surface area (Å²) >= 11 is 5.55. The van der Waals surface area contributed by atoms with Crippen molar-refractivity contribution in [2.24, 2.45) is 0 Å². The largest absolute Gasteiger partial charge is 0.397 e. The van der Waals surface area contributed by atoms with Crippen LogP contribution in [0.1, 0.15) is 0 Å². The van der Waals surface area contributed by atoms with E-state index >= 15 is 0 Å². The molecule has 0 saturated heterocycles. The Morgan fingerprint density at radius 1 is 1.33 bits per heavy atom. The van der Waals surface area contributed by atoms with Gasteiger partial charge in [0.15, 0.2) is 0 Å². The molecule has 0 atom stereocenters. The molecular weight excluding hydrogens is 182 g/mol. The van der Waals surface area contributed by atoms with Crippen molar-refractivity contribution in [1.29, 1.82) is 0 Å². The van der Waals surface area contributed by atoms with Crippen LogP contribution in [0.4, 0.5) is 17.1 Å². The van der Waals surface area contributed by atoms with Gasteiger partial charge in [0.05, 0.1) is 10.6 Å². The van der Waals surface area contributed by atoms with Crippen LogP contribution >= 0.6 is 11.6 Å². The molecule has 0 unspecified atom stereocenters. The van der Waals surface area contributed by atoms with Gasteiger partial charge in [0, 0.05) is 0 Å². The Balaban J connectivity index is 3.43. The maximum absolute atomic E-state index is 10.4. The highest BCUT2D eigenvalue weighted by Gasteiger charge is 2.18. The van der Waals surface area contributed by atoms with E-state index in [9.17, 15) is 10.1 Å². The minimum absolute atomic E-state index is 0.0131. The Hall–Kier alpha value is -1.49. The molecule has 0 saturated carbocycles. The van der Waals surface area contributed by atoms with Crippen molar-refractivity contribution in [3.8, 4) is 0 Å². The summed E-state index contributed by atoms with van der Waals surface area (Å²) in [7, 11) is 0. The van der Waals surface area contributed by atoms with Gasteiger partial charge in [-0.2, -0.15) is 0 Å². The Bertz CT molecular complexity index is 340. The molecular formula is C6H6ClN3O2. The molecule has 0 aromatic heterocycles. The fraction of sp³-hybridized carbons (Fsp3) is 0. The third-order valence-electron chi connectivity index (χ3n) is 1.36. The van der Waals surface area contributed by atoms with Crippen molar-refractivity contribution in [2.75, 3.05) is 11.5 Å². The summed E-state index contributed by atoms with van der Waals surface area (Å²) in [6.45, 7) is 0. The fourth-order valence-electron chi connectivity index (χ4n) is 0.781. The van der Waals surface area contributed by atoms with Gasteiger partial charge in [0.25, 0.3) is 0 Å². The third kappa shape index (κ3) is 1.26. The first-order valence-electron chi connectivity index (χ1n) is 3.02. The van der Waals surface area contributed by atoms with E-state index < -0.39 is 4.92 Å². The van der Waals surface area contributed by atoms with Crippen LogP contribution in [0, 0.1) is 10.1 Å². The van der Waals surface area contributed by atoms with Gasteiger partial charge < -0.3 is 11.5 Å². The summed E-state index contributed by atoms with van der Waals surface area (Å²) in [6.07, 6.45) is 0. The Morgan fingerprint density at radius 2 is 1.83 bits per heavy atom. The van der Waals surface area contributed by atoms with Gasteiger partial charge in [-0.3, -0.25) is 10.1 Å². The molecule has 64 valence electrons. The van der Waals surface area contributed by atoms with Crippen molar-refractivity contribution in [2.45, 2.75) is 0 Å². The number of nitrogens with two attached hydrogens (primary N) is 2. The number of hydrogen-bond acceptors (Lipinski definition) is 4. The summed E-state index contributed by atoms with van der Waals surface area (Å²) in [6, 6.07) is 2.77. The number of nitrogen functional groups attached to an aromatic ring is 2. The fourth-order valence-corrected chi connectivity index (χ4v) is 1.02. The van der Waals surface area contributed by atoms with E-state index in [0.29, 0.717) is 0 Å². The lowest BCUT2D eigenvalue weighted by Gasteiger charge is -2.01. The molecule has 6 heteroatoms. The van der Waals surface area contributed by atoms with Gasteiger partial charge >= 0.3 is 5.69 Å². The first kappa shape index (κ1) is 8.61. The highest BCUT2D eigenvalue weighted by atomic mass is 35.5. The molecule has 1 rings (SSSR count). The second-order valence-corrected chi connectivity index (χ2v) is 2.54. The maximum Gasteiger partial charge on any atom is 0.312 e. The number of hydrogen-bond donors (Lipinski definition) is 2. The Kier molecular flexibility index (Phi) is 2.05. The molecule has 0 radical (unpaired) electrons. The number of benzene rings is 1. The van der Waals surface area contributed by atoms with Crippen molar-refractivity contribution in [3.63, 3.8) is 0 Å². The van der Waals surface area contributed by atoms with Crippen LogP contribution in [-0.4, -0.2) is 4.92 Å². The van der Waals surface area contributed by atoms with E-state index in [1.165, 1.54) is 12.1 Å². The number of nitro groups is 1. The van der Waals surface area contributed by atoms with E-state index in [-0.39, 0.29) is 22.1 Å². The first-order valence-corrected chi connectivity index (χ1v) is 3.39. The summed E-state index contributed by atoms with van der Waals surface area (Å²) in [5, 5.41) is 10.3. The van der Waals surface area contributed by atoms with Crippen LogP contribution < -0.4 is 11.5 Å². The summed E-state index contributed by atoms with van der Waals surface area (Å²) in [5.41, 5.74) is 10.5. The molecule has 5 nitrogen and oxygen atoms in total. The topological polar surface area (TPSA) is 95.2 Å². The molecule has 0 heterocycles. The van der Waals surface area contributed by atoms with Gasteiger partial charge in [-0.05, 0) is 12.1 Å². The zero-order valence-electron chi connectivity index (χ0n) is 5.95. The second kappa shape index (κ2) is 2.86. The van der Waals surface area contributed by atoms with Crippen molar-refractivity contribution >= 4 is 28.7 Å². The van der Waals surface area contributed by atoms with Gasteiger partial charge in [-0.1, -0.05) is 11.6 Å². The third-order valence-corrected chi connectivity index (χ3v) is 1.76. The summed E-state index contributed by atoms with van der Waals surface area (Å²) < 4.78 is 0. The van der Waals surface area contributed by atoms with Gasteiger partial charge in [0.2, 0.25) is 0 Å². The molecule has 4 N–H and O–H groups in total. The smallest absolute Gasteiger partial charge is 0.312 e. The maximum atomic E-state index is 10.4. The van der Waals surface area contributed by atoms with Crippen LogP contribution in [0.15, 0.2) is 12.1 Å². The molecule has 0 aliphatic heterocycles. The molecule has 1 aromatic rings. The number of nitrogens with zero attached hydrogens (tertiary/aromatic N) is 1. The molecule has 0 amide bonds. The van der Waals surface area contributed by atoms with E-state index in [1.807, 2.05) is 0 Å². The lowest BCUT2D eigenvalue weighted by atomic mass is 10.2.